The summed E-state index contributed by atoms with van der Waals surface area (Å²) in [5, 5.41) is 26.0. The third-order valence-electron chi connectivity index (χ3n) is 1.95. The van der Waals surface area contributed by atoms with E-state index in [0.29, 0.717) is 11.3 Å². The van der Waals surface area contributed by atoms with Gasteiger partial charge in [-0.3, -0.25) is 4.63 Å². The van der Waals surface area contributed by atoms with Crippen molar-refractivity contribution in [3.05, 3.63) is 22.9 Å². The summed E-state index contributed by atoms with van der Waals surface area (Å²) < 4.78 is 9.42. The number of ether oxygens (including phenoxy) is 1. The minimum atomic E-state index is 0.159. The molecule has 15 heavy (non-hydrogen) atoms. The summed E-state index contributed by atoms with van der Waals surface area (Å²) in [6.07, 6.45) is 1.12. The summed E-state index contributed by atoms with van der Waals surface area (Å²) in [5.74, 6) is 0.415. The molecular weight excluding hydrogens is 202 g/mol. The average Bonchev–Trinajstić information content (AvgIpc) is 2.62. The molecule has 0 atom stereocenters. The predicted molar refractivity (Wildman–Crippen MR) is 48.9 cm³/mol. The number of nitrogens with zero attached hydrogens (tertiary/aromatic N) is 3. The molecule has 0 spiro atoms. The van der Waals surface area contributed by atoms with Gasteiger partial charge in [0.2, 0.25) is 5.52 Å². The zero-order valence-corrected chi connectivity index (χ0v) is 7.75. The number of benzene rings is 1. The molecular formula is C8H7N3O4. The Morgan fingerprint density at radius 2 is 2.47 bits per heavy atom. The maximum atomic E-state index is 11.2. The van der Waals surface area contributed by atoms with Gasteiger partial charge in [0.05, 0.1) is 24.0 Å². The largest absolute Gasteiger partial charge is 0.492 e. The summed E-state index contributed by atoms with van der Waals surface area (Å²) in [5.41, 5.74) is 0.835. The van der Waals surface area contributed by atoms with E-state index in [9.17, 15) is 5.21 Å². The molecule has 78 valence electrons. The van der Waals surface area contributed by atoms with Crippen molar-refractivity contribution in [1.29, 1.82) is 0 Å². The number of aromatic nitrogens is 2. The SMILES string of the molecule is COc1ccc(/C=N/O)c2c1no[n+]2[O-]. The fourth-order valence-corrected chi connectivity index (χ4v) is 1.31. The first-order chi connectivity index (χ1) is 7.27. The summed E-state index contributed by atoms with van der Waals surface area (Å²) in [6, 6.07) is 3.16. The molecule has 0 aliphatic heterocycles. The minimum absolute atomic E-state index is 0.159. The van der Waals surface area contributed by atoms with Crippen LogP contribution in [0.1, 0.15) is 5.56 Å². The Balaban J connectivity index is 2.79. The monoisotopic (exact) mass is 209 g/mol. The Morgan fingerprint density at radius 3 is 3.13 bits per heavy atom. The second-order valence-corrected chi connectivity index (χ2v) is 2.73. The van der Waals surface area contributed by atoms with Gasteiger partial charge in [-0.05, 0) is 17.0 Å². The van der Waals surface area contributed by atoms with Gasteiger partial charge in [-0.1, -0.05) is 5.16 Å². The Bertz CT molecular complexity index is 520. The maximum Gasteiger partial charge on any atom is 0.290 e. The summed E-state index contributed by atoms with van der Waals surface area (Å²) in [4.78, 5) is 0.231. The van der Waals surface area contributed by atoms with E-state index in [1.54, 1.807) is 12.1 Å². The number of hydrogen-bond donors (Lipinski definition) is 1. The van der Waals surface area contributed by atoms with E-state index in [-0.39, 0.29) is 15.9 Å². The van der Waals surface area contributed by atoms with Crippen LogP contribution in [0.25, 0.3) is 11.0 Å². The molecule has 0 saturated heterocycles. The van der Waals surface area contributed by atoms with Crippen molar-refractivity contribution in [2.45, 2.75) is 0 Å². The number of fused-ring (bicyclic) bond motifs is 1. The van der Waals surface area contributed by atoms with Crippen molar-refractivity contribution in [2.75, 3.05) is 7.11 Å². The van der Waals surface area contributed by atoms with Gasteiger partial charge in [-0.25, -0.2) is 0 Å². The second-order valence-electron chi connectivity index (χ2n) is 2.73. The molecule has 7 heteroatoms. The normalized spacial score (nSPS) is 11.3. The highest BCUT2D eigenvalue weighted by atomic mass is 16.8. The highest BCUT2D eigenvalue weighted by molar-refractivity contribution is 5.96. The number of methoxy groups -OCH3 is 1. The van der Waals surface area contributed by atoms with Gasteiger partial charge < -0.3 is 15.2 Å². The quantitative estimate of drug-likeness (QED) is 0.331. The van der Waals surface area contributed by atoms with Gasteiger partial charge in [0.1, 0.15) is 0 Å². The topological polar surface area (TPSA) is 94.8 Å². The van der Waals surface area contributed by atoms with Crippen molar-refractivity contribution in [3.8, 4) is 5.75 Å². The van der Waals surface area contributed by atoms with E-state index in [1.165, 1.54) is 7.11 Å². The fraction of sp³-hybridized carbons (Fsp3) is 0.125. The van der Waals surface area contributed by atoms with Gasteiger partial charge in [0, 0.05) is 0 Å². The van der Waals surface area contributed by atoms with Crippen LogP contribution in [-0.4, -0.2) is 23.7 Å². The lowest BCUT2D eigenvalue weighted by molar-refractivity contribution is -0.782. The molecule has 0 aliphatic rings. The molecule has 0 bridgehead atoms. The van der Waals surface area contributed by atoms with Crippen molar-refractivity contribution >= 4 is 17.2 Å². The third-order valence-corrected chi connectivity index (χ3v) is 1.95. The van der Waals surface area contributed by atoms with Crippen molar-refractivity contribution < 1.29 is 19.5 Å². The second kappa shape index (κ2) is 3.45. The molecule has 0 radical (unpaired) electrons. The van der Waals surface area contributed by atoms with E-state index in [4.69, 9.17) is 9.94 Å². The van der Waals surface area contributed by atoms with Gasteiger partial charge in [0.15, 0.2) is 5.75 Å². The maximum absolute atomic E-state index is 11.2. The van der Waals surface area contributed by atoms with Crippen LogP contribution in [-0.2, 0) is 0 Å². The van der Waals surface area contributed by atoms with Crippen LogP contribution >= 0.6 is 0 Å². The Morgan fingerprint density at radius 1 is 1.67 bits per heavy atom. The van der Waals surface area contributed by atoms with E-state index >= 15 is 0 Å². The molecule has 0 fully saturated rings. The summed E-state index contributed by atoms with van der Waals surface area (Å²) in [7, 11) is 1.46. The van der Waals surface area contributed by atoms with Crippen LogP contribution in [0.15, 0.2) is 21.9 Å². The number of hydrogen-bond acceptors (Lipinski definition) is 6. The van der Waals surface area contributed by atoms with E-state index in [2.05, 4.69) is 14.9 Å². The van der Waals surface area contributed by atoms with E-state index < -0.39 is 0 Å². The van der Waals surface area contributed by atoms with Crippen LogP contribution in [0, 0.1) is 5.21 Å². The molecule has 0 amide bonds. The minimum Gasteiger partial charge on any atom is -0.492 e. The van der Waals surface area contributed by atoms with Gasteiger partial charge >= 0.3 is 0 Å². The molecule has 0 aliphatic carbocycles. The van der Waals surface area contributed by atoms with Crippen molar-refractivity contribution in [1.82, 2.24) is 5.16 Å². The van der Waals surface area contributed by atoms with E-state index in [0.717, 1.165) is 6.21 Å². The summed E-state index contributed by atoms with van der Waals surface area (Å²) >= 11 is 0. The molecule has 2 aromatic rings. The first-order valence-corrected chi connectivity index (χ1v) is 4.01. The molecule has 1 N–H and O–H groups in total. The molecule has 0 saturated carbocycles. The van der Waals surface area contributed by atoms with Crippen LogP contribution in [0.2, 0.25) is 0 Å². The molecule has 2 rings (SSSR count). The van der Waals surface area contributed by atoms with Crippen LogP contribution < -0.4 is 9.64 Å². The molecule has 1 heterocycles. The first kappa shape index (κ1) is 9.25. The Hall–Kier alpha value is -2.31. The zero-order chi connectivity index (χ0) is 10.8. The first-order valence-electron chi connectivity index (χ1n) is 4.01. The van der Waals surface area contributed by atoms with E-state index in [1.807, 2.05) is 0 Å². The highest BCUT2D eigenvalue weighted by Crippen LogP contribution is 2.23. The zero-order valence-electron chi connectivity index (χ0n) is 7.75. The number of oxime groups is 1. The molecule has 1 aromatic heterocycles. The smallest absolute Gasteiger partial charge is 0.290 e. The average molecular weight is 209 g/mol. The Labute approximate surface area is 83.7 Å². The van der Waals surface area contributed by atoms with Crippen molar-refractivity contribution in [3.63, 3.8) is 0 Å². The van der Waals surface area contributed by atoms with Crippen LogP contribution in [0.4, 0.5) is 0 Å². The molecule has 0 unspecified atom stereocenters. The lowest BCUT2D eigenvalue weighted by Crippen LogP contribution is -2.23. The predicted octanol–water partition coefficient (Wildman–Crippen LogP) is 0.278. The lowest BCUT2D eigenvalue weighted by atomic mass is 10.2. The van der Waals surface area contributed by atoms with Crippen LogP contribution in [0.3, 0.4) is 0 Å². The van der Waals surface area contributed by atoms with Gasteiger partial charge in [-0.15, -0.1) is 0 Å². The third kappa shape index (κ3) is 1.33. The molecule has 7 nitrogen and oxygen atoms in total. The van der Waals surface area contributed by atoms with Gasteiger partial charge in [0.25, 0.3) is 5.52 Å². The molecule has 1 aromatic carbocycles. The fourth-order valence-electron chi connectivity index (χ4n) is 1.31. The Kier molecular flexibility index (Phi) is 2.13. The standard InChI is InChI=1S/C8H7N3O4/c1-14-6-3-2-5(4-9-12)8-7(6)10-15-11(8)13/h2-4,12H,1H3/b9-4+. The highest BCUT2D eigenvalue weighted by Gasteiger charge is 2.18. The lowest BCUT2D eigenvalue weighted by Gasteiger charge is -1.97. The summed E-state index contributed by atoms with van der Waals surface area (Å²) in [6.45, 7) is 0. The number of rotatable bonds is 2. The van der Waals surface area contributed by atoms with Gasteiger partial charge in [-0.2, -0.15) is 0 Å². The van der Waals surface area contributed by atoms with Crippen LogP contribution in [0.5, 0.6) is 5.75 Å². The van der Waals surface area contributed by atoms with Crippen molar-refractivity contribution in [2.24, 2.45) is 5.16 Å².